The van der Waals surface area contributed by atoms with E-state index in [9.17, 15) is 4.57 Å². The maximum absolute atomic E-state index is 11.0. The van der Waals surface area contributed by atoms with Crippen LogP contribution in [0, 0.1) is 13.3 Å². The van der Waals surface area contributed by atoms with E-state index in [4.69, 9.17) is 14.5 Å². The number of hydrogen-bond donors (Lipinski definition) is 2. The molecule has 0 aliphatic carbocycles. The Hall–Kier alpha value is -0.756. The first kappa shape index (κ1) is 21.3. The van der Waals surface area contributed by atoms with Gasteiger partial charge in [0.15, 0.2) is 0 Å². The third kappa shape index (κ3) is 4.88. The molecular weight excluding hydrogens is 408 g/mol. The van der Waals surface area contributed by atoms with Gasteiger partial charge in [-0.1, -0.05) is 19.6 Å². The van der Waals surface area contributed by atoms with Gasteiger partial charge in [-0.25, -0.2) is 0 Å². The SMILES string of the molecule is C=C[C@H](OCP(=O)(O)O)C(=C)[C@H](C)n1cnc2c(C)n[c-]nc21.[Y]. The van der Waals surface area contributed by atoms with Crippen LogP contribution in [0.2, 0.25) is 0 Å². The standard InChI is InChI=1S/C14H18N4O4P.Y/c1-5-12(22-8-23(19,20)21)9(2)11(4)18-7-17-13-10(3)15-6-16-14(13)18;/h5,7,11-12H,1-2,8H2,3-4H3,(H2,19,20,21);/q-1;/t11-,12-;/m0./s1. The number of fused-ring (bicyclic) bond motifs is 1. The summed E-state index contributed by atoms with van der Waals surface area (Å²) >= 11 is 0. The summed E-state index contributed by atoms with van der Waals surface area (Å²) in [5, 5.41) is 0. The number of ether oxygens (including phenoxy) is 1. The van der Waals surface area contributed by atoms with Gasteiger partial charge in [0, 0.05) is 56.2 Å². The van der Waals surface area contributed by atoms with Gasteiger partial charge < -0.3 is 29.1 Å². The molecule has 0 unspecified atom stereocenters. The quantitative estimate of drug-likeness (QED) is 0.394. The number of nitrogens with zero attached hydrogens (tertiary/aromatic N) is 4. The third-order valence-electron chi connectivity index (χ3n) is 3.44. The molecule has 0 spiro atoms. The Kier molecular flexibility index (Phi) is 7.59. The van der Waals surface area contributed by atoms with Crippen LogP contribution in [0.5, 0.6) is 0 Å². The molecule has 127 valence electrons. The molecule has 1 radical (unpaired) electrons. The average Bonchev–Trinajstić information content (AvgIpc) is 2.91. The maximum Gasteiger partial charge on any atom is 0.351 e. The second-order valence-corrected chi connectivity index (χ2v) is 6.69. The average molecular weight is 426 g/mol. The van der Waals surface area contributed by atoms with E-state index in [1.54, 1.807) is 10.9 Å². The first-order chi connectivity index (χ1) is 10.7. The van der Waals surface area contributed by atoms with Crippen LogP contribution in [0.4, 0.5) is 0 Å². The molecule has 0 fully saturated rings. The largest absolute Gasteiger partial charge is 0.369 e. The second kappa shape index (κ2) is 8.56. The Bertz CT molecular complexity index is 788. The summed E-state index contributed by atoms with van der Waals surface area (Å²) in [6.07, 6.45) is 4.22. The van der Waals surface area contributed by atoms with Crippen molar-refractivity contribution in [3.8, 4) is 0 Å². The van der Waals surface area contributed by atoms with Crippen LogP contribution in [0.3, 0.4) is 0 Å². The summed E-state index contributed by atoms with van der Waals surface area (Å²) in [5.74, 6) is 0. The van der Waals surface area contributed by atoms with Crippen molar-refractivity contribution in [1.29, 1.82) is 0 Å². The minimum absolute atomic E-state index is 0. The van der Waals surface area contributed by atoms with E-state index in [0.717, 1.165) is 0 Å². The fourth-order valence-electron chi connectivity index (χ4n) is 2.12. The molecule has 2 rings (SSSR count). The molecule has 0 aliphatic heterocycles. The zero-order chi connectivity index (χ0) is 17.2. The van der Waals surface area contributed by atoms with Crippen molar-refractivity contribution in [1.82, 2.24) is 19.5 Å². The van der Waals surface area contributed by atoms with Crippen molar-refractivity contribution in [2.75, 3.05) is 6.35 Å². The van der Waals surface area contributed by atoms with E-state index in [0.29, 0.717) is 22.4 Å². The van der Waals surface area contributed by atoms with Crippen LogP contribution in [0.25, 0.3) is 11.2 Å². The van der Waals surface area contributed by atoms with Crippen LogP contribution < -0.4 is 0 Å². The zero-order valence-electron chi connectivity index (χ0n) is 13.5. The fourth-order valence-corrected chi connectivity index (χ4v) is 2.48. The van der Waals surface area contributed by atoms with Gasteiger partial charge >= 0.3 is 7.60 Å². The second-order valence-electron chi connectivity index (χ2n) is 5.10. The normalized spacial score (nSPS) is 14.0. The van der Waals surface area contributed by atoms with E-state index in [1.807, 2.05) is 13.8 Å². The maximum atomic E-state index is 11.0. The predicted molar refractivity (Wildman–Crippen MR) is 84.7 cm³/mol. The predicted octanol–water partition coefficient (Wildman–Crippen LogP) is 1.76. The Labute approximate surface area is 165 Å². The summed E-state index contributed by atoms with van der Waals surface area (Å²) in [6.45, 7) is 11.3. The molecule has 0 amide bonds. The van der Waals surface area contributed by atoms with Gasteiger partial charge in [0.05, 0.1) is 12.4 Å². The first-order valence-corrected chi connectivity index (χ1v) is 8.59. The fraction of sp³-hybridized carbons (Fsp3) is 0.357. The number of imidazole rings is 1. The molecule has 2 aromatic rings. The summed E-state index contributed by atoms with van der Waals surface area (Å²) in [5.41, 5.74) is 2.55. The van der Waals surface area contributed by atoms with Gasteiger partial charge in [-0.05, 0) is 18.2 Å². The van der Waals surface area contributed by atoms with Crippen LogP contribution in [0.1, 0.15) is 18.7 Å². The van der Waals surface area contributed by atoms with Crippen molar-refractivity contribution in [2.24, 2.45) is 0 Å². The van der Waals surface area contributed by atoms with E-state index >= 15 is 0 Å². The van der Waals surface area contributed by atoms with Crippen molar-refractivity contribution < 1.29 is 51.8 Å². The molecule has 0 saturated carbocycles. The Morgan fingerprint density at radius 1 is 1.54 bits per heavy atom. The zero-order valence-corrected chi connectivity index (χ0v) is 17.2. The summed E-state index contributed by atoms with van der Waals surface area (Å²) < 4.78 is 17.9. The van der Waals surface area contributed by atoms with Crippen LogP contribution >= 0.6 is 7.60 Å². The van der Waals surface area contributed by atoms with Gasteiger partial charge in [-0.2, -0.15) is 0 Å². The van der Waals surface area contributed by atoms with Crippen LogP contribution in [-0.4, -0.2) is 41.8 Å². The smallest absolute Gasteiger partial charge is 0.351 e. The number of hydrogen-bond acceptors (Lipinski definition) is 5. The molecule has 2 aromatic heterocycles. The number of aryl methyl sites for hydroxylation is 1. The summed E-state index contributed by atoms with van der Waals surface area (Å²) in [6, 6.07) is -0.275. The van der Waals surface area contributed by atoms with Gasteiger partial charge in [0.1, 0.15) is 6.35 Å². The van der Waals surface area contributed by atoms with Gasteiger partial charge in [-0.15, -0.1) is 6.58 Å². The topological polar surface area (TPSA) is 110 Å². The molecule has 0 aromatic carbocycles. The molecule has 0 bridgehead atoms. The van der Waals surface area contributed by atoms with Gasteiger partial charge in [0.2, 0.25) is 0 Å². The van der Waals surface area contributed by atoms with Gasteiger partial charge in [-0.3, -0.25) is 9.55 Å². The van der Waals surface area contributed by atoms with E-state index < -0.39 is 20.0 Å². The van der Waals surface area contributed by atoms with E-state index in [2.05, 4.69) is 34.4 Å². The van der Waals surface area contributed by atoms with Crippen molar-refractivity contribution in [2.45, 2.75) is 26.0 Å². The third-order valence-corrected chi connectivity index (χ3v) is 3.93. The van der Waals surface area contributed by atoms with Crippen LogP contribution in [0.15, 0.2) is 31.1 Å². The van der Waals surface area contributed by atoms with Crippen molar-refractivity contribution in [3.63, 3.8) is 0 Å². The summed E-state index contributed by atoms with van der Waals surface area (Å²) in [4.78, 5) is 30.2. The Morgan fingerprint density at radius 2 is 2.21 bits per heavy atom. The first-order valence-electron chi connectivity index (χ1n) is 6.79. The Balaban J connectivity index is 0.00000288. The number of rotatable bonds is 7. The molecule has 2 atom stereocenters. The molecule has 8 nitrogen and oxygen atoms in total. The van der Waals surface area contributed by atoms with Crippen molar-refractivity contribution in [3.05, 3.63) is 43.2 Å². The summed E-state index contributed by atoms with van der Waals surface area (Å²) in [7, 11) is -4.26. The molecule has 24 heavy (non-hydrogen) atoms. The molecule has 2 N–H and O–H groups in total. The van der Waals surface area contributed by atoms with Crippen LogP contribution in [-0.2, 0) is 42.0 Å². The molecule has 2 heterocycles. The minimum atomic E-state index is -4.26. The molecule has 0 aliphatic rings. The molecule has 10 heteroatoms. The molecule has 0 saturated heterocycles. The molecular formula is C14H18N4O4PY-. The van der Waals surface area contributed by atoms with E-state index in [1.165, 1.54) is 6.08 Å². The number of aromatic nitrogens is 4. The van der Waals surface area contributed by atoms with Crippen molar-refractivity contribution >= 4 is 18.8 Å². The monoisotopic (exact) mass is 426 g/mol. The Morgan fingerprint density at radius 3 is 2.79 bits per heavy atom. The van der Waals surface area contributed by atoms with E-state index in [-0.39, 0.29) is 38.8 Å². The van der Waals surface area contributed by atoms with Gasteiger partial charge in [0.25, 0.3) is 0 Å². The minimum Gasteiger partial charge on any atom is -0.369 e.